The first-order valence-electron chi connectivity index (χ1n) is 11.2. The molecule has 0 aliphatic heterocycles. The first kappa shape index (κ1) is 26.5. The number of esters is 1. The van der Waals surface area contributed by atoms with Crippen LogP contribution in [0.4, 0.5) is 5.69 Å². The van der Waals surface area contributed by atoms with Crippen LogP contribution in [0, 0.1) is 0 Å². The fourth-order valence-electron chi connectivity index (χ4n) is 3.25. The summed E-state index contributed by atoms with van der Waals surface area (Å²) < 4.78 is 5.30. The van der Waals surface area contributed by atoms with Crippen LogP contribution in [0.2, 0.25) is 15.1 Å². The predicted octanol–water partition coefficient (Wildman–Crippen LogP) is 8.73. The smallest absolute Gasteiger partial charge is 0.343 e. The van der Waals surface area contributed by atoms with Gasteiger partial charge in [-0.25, -0.2) is 4.79 Å². The van der Waals surface area contributed by atoms with E-state index < -0.39 is 5.97 Å². The van der Waals surface area contributed by atoms with E-state index in [-0.39, 0.29) is 26.7 Å². The molecule has 2 aromatic carbocycles. The number of unbranched alkanes of at least 4 members (excludes halogenated alkanes) is 8. The molecule has 0 radical (unpaired) electrons. The van der Waals surface area contributed by atoms with Gasteiger partial charge in [0.2, 0.25) is 5.91 Å². The maximum atomic E-state index is 12.4. The fraction of sp³-hybridized carbons (Fsp3) is 0.440. The van der Waals surface area contributed by atoms with Crippen molar-refractivity contribution in [2.45, 2.75) is 71.1 Å². The van der Waals surface area contributed by atoms with Gasteiger partial charge in [0.1, 0.15) is 0 Å². The molecule has 0 atom stereocenters. The lowest BCUT2D eigenvalue weighted by molar-refractivity contribution is -0.116. The fourth-order valence-corrected chi connectivity index (χ4v) is 3.83. The van der Waals surface area contributed by atoms with Crippen LogP contribution < -0.4 is 10.1 Å². The van der Waals surface area contributed by atoms with Gasteiger partial charge in [-0.05, 0) is 36.8 Å². The zero-order valence-corrected chi connectivity index (χ0v) is 20.7. The van der Waals surface area contributed by atoms with Gasteiger partial charge in [0.05, 0.1) is 20.6 Å². The van der Waals surface area contributed by atoms with E-state index in [0.717, 1.165) is 12.8 Å². The molecule has 0 saturated carbocycles. The van der Waals surface area contributed by atoms with Crippen LogP contribution in [0.15, 0.2) is 36.4 Å². The van der Waals surface area contributed by atoms with Gasteiger partial charge < -0.3 is 10.1 Å². The predicted molar refractivity (Wildman–Crippen MR) is 133 cm³/mol. The zero-order chi connectivity index (χ0) is 23.3. The van der Waals surface area contributed by atoms with Crippen molar-refractivity contribution >= 4 is 52.4 Å². The molecule has 32 heavy (non-hydrogen) atoms. The summed E-state index contributed by atoms with van der Waals surface area (Å²) in [7, 11) is 0. The molecule has 0 aliphatic carbocycles. The number of nitrogens with one attached hydrogen (secondary N) is 1. The number of benzene rings is 2. The van der Waals surface area contributed by atoms with Crippen molar-refractivity contribution < 1.29 is 14.3 Å². The summed E-state index contributed by atoms with van der Waals surface area (Å²) in [6.07, 6.45) is 11.4. The van der Waals surface area contributed by atoms with Gasteiger partial charge in [0.25, 0.3) is 0 Å². The Hall–Kier alpha value is -1.75. The van der Waals surface area contributed by atoms with Crippen LogP contribution in [0.3, 0.4) is 0 Å². The summed E-state index contributed by atoms with van der Waals surface area (Å²) >= 11 is 17.9. The van der Waals surface area contributed by atoms with Crippen molar-refractivity contribution in [1.29, 1.82) is 0 Å². The normalized spacial score (nSPS) is 10.8. The van der Waals surface area contributed by atoms with Crippen molar-refractivity contribution in [3.8, 4) is 5.75 Å². The van der Waals surface area contributed by atoms with Gasteiger partial charge in [-0.1, -0.05) is 93.1 Å². The Bertz CT molecular complexity index is 885. The van der Waals surface area contributed by atoms with E-state index in [4.69, 9.17) is 39.5 Å². The van der Waals surface area contributed by atoms with Gasteiger partial charge in [-0.3, -0.25) is 4.79 Å². The van der Waals surface area contributed by atoms with Crippen molar-refractivity contribution in [3.63, 3.8) is 0 Å². The summed E-state index contributed by atoms with van der Waals surface area (Å²) in [5.41, 5.74) is 0.958. The Morgan fingerprint density at radius 2 is 1.34 bits per heavy atom. The molecule has 0 bridgehead atoms. The standard InChI is InChI=1S/C25H30Cl3NO3/c1-2-3-4-5-6-7-8-9-10-11-24(30)29-19-14-12-18(13-15-19)25(31)32-23-17-21(27)20(26)16-22(23)28/h12-17H,2-11H2,1H3,(H,29,30). The third-order valence-electron chi connectivity index (χ3n) is 5.09. The van der Waals surface area contributed by atoms with E-state index in [1.165, 1.54) is 57.1 Å². The van der Waals surface area contributed by atoms with Gasteiger partial charge >= 0.3 is 5.97 Å². The second-order valence-corrected chi connectivity index (χ2v) is 9.01. The molecule has 4 nitrogen and oxygen atoms in total. The first-order valence-corrected chi connectivity index (χ1v) is 12.3. The van der Waals surface area contributed by atoms with E-state index in [1.807, 2.05) is 0 Å². The average Bonchev–Trinajstić information content (AvgIpc) is 2.76. The molecule has 0 saturated heterocycles. The summed E-state index contributed by atoms with van der Waals surface area (Å²) in [6, 6.07) is 9.32. The lowest BCUT2D eigenvalue weighted by Crippen LogP contribution is -2.12. The van der Waals surface area contributed by atoms with Crippen LogP contribution in [-0.2, 0) is 4.79 Å². The summed E-state index contributed by atoms with van der Waals surface area (Å²) in [5, 5.41) is 3.57. The minimum absolute atomic E-state index is 0.0224. The number of carbonyl (C=O) groups is 2. The molecule has 2 aromatic rings. The van der Waals surface area contributed by atoms with Crippen LogP contribution >= 0.6 is 34.8 Å². The van der Waals surface area contributed by atoms with Crippen molar-refractivity contribution in [3.05, 3.63) is 57.0 Å². The number of anilines is 1. The molecule has 2 rings (SSSR count). The van der Waals surface area contributed by atoms with E-state index in [2.05, 4.69) is 12.2 Å². The van der Waals surface area contributed by atoms with Gasteiger partial charge in [-0.2, -0.15) is 0 Å². The van der Waals surface area contributed by atoms with E-state index in [9.17, 15) is 9.59 Å². The molecule has 1 N–H and O–H groups in total. The molecule has 0 aliphatic rings. The van der Waals surface area contributed by atoms with E-state index in [1.54, 1.807) is 24.3 Å². The largest absolute Gasteiger partial charge is 0.421 e. The molecule has 0 aromatic heterocycles. The van der Waals surface area contributed by atoms with Gasteiger partial charge in [0.15, 0.2) is 5.75 Å². The Kier molecular flexibility index (Phi) is 11.9. The minimum Gasteiger partial charge on any atom is -0.421 e. The van der Waals surface area contributed by atoms with Crippen LogP contribution in [0.25, 0.3) is 0 Å². The number of amides is 1. The van der Waals surface area contributed by atoms with Gasteiger partial charge in [0, 0.05) is 18.2 Å². The van der Waals surface area contributed by atoms with Crippen molar-refractivity contribution in [2.75, 3.05) is 5.32 Å². The van der Waals surface area contributed by atoms with E-state index >= 15 is 0 Å². The van der Waals surface area contributed by atoms with E-state index in [0.29, 0.717) is 17.7 Å². The van der Waals surface area contributed by atoms with Crippen molar-refractivity contribution in [1.82, 2.24) is 0 Å². The summed E-state index contributed by atoms with van der Waals surface area (Å²) in [5.74, 6) is -0.479. The zero-order valence-electron chi connectivity index (χ0n) is 18.4. The van der Waals surface area contributed by atoms with Crippen LogP contribution in [0.1, 0.15) is 81.5 Å². The summed E-state index contributed by atoms with van der Waals surface area (Å²) in [4.78, 5) is 24.5. The highest BCUT2D eigenvalue weighted by atomic mass is 35.5. The Morgan fingerprint density at radius 1 is 0.781 bits per heavy atom. The van der Waals surface area contributed by atoms with Crippen molar-refractivity contribution in [2.24, 2.45) is 0 Å². The second kappa shape index (κ2) is 14.4. The SMILES string of the molecule is CCCCCCCCCCCC(=O)Nc1ccc(C(=O)Oc2cc(Cl)c(Cl)cc2Cl)cc1. The lowest BCUT2D eigenvalue weighted by Gasteiger charge is -2.09. The average molecular weight is 499 g/mol. The molecule has 174 valence electrons. The number of hydrogen-bond acceptors (Lipinski definition) is 3. The van der Waals surface area contributed by atoms with Gasteiger partial charge in [-0.15, -0.1) is 0 Å². The molecule has 0 heterocycles. The highest BCUT2D eigenvalue weighted by Crippen LogP contribution is 2.34. The molecule has 0 fully saturated rings. The Balaban J connectivity index is 1.71. The number of rotatable bonds is 13. The second-order valence-electron chi connectivity index (χ2n) is 7.79. The van der Waals surface area contributed by atoms with Crippen LogP contribution in [0.5, 0.6) is 5.75 Å². The molecule has 0 unspecified atom stereocenters. The first-order chi connectivity index (χ1) is 15.4. The molecule has 7 heteroatoms. The lowest BCUT2D eigenvalue weighted by atomic mass is 10.1. The monoisotopic (exact) mass is 497 g/mol. The highest BCUT2D eigenvalue weighted by Gasteiger charge is 2.14. The number of halogens is 3. The number of ether oxygens (including phenoxy) is 1. The van der Waals surface area contributed by atoms with Crippen LogP contribution in [-0.4, -0.2) is 11.9 Å². The Morgan fingerprint density at radius 3 is 1.97 bits per heavy atom. The maximum absolute atomic E-state index is 12.4. The molecule has 0 spiro atoms. The number of carbonyl (C=O) groups excluding carboxylic acids is 2. The quantitative estimate of drug-likeness (QED) is 0.130. The molecular weight excluding hydrogens is 469 g/mol. The third kappa shape index (κ3) is 9.40. The summed E-state index contributed by atoms with van der Waals surface area (Å²) in [6.45, 7) is 2.23. The minimum atomic E-state index is -0.585. The third-order valence-corrected chi connectivity index (χ3v) is 6.11. The maximum Gasteiger partial charge on any atom is 0.343 e. The highest BCUT2D eigenvalue weighted by molar-refractivity contribution is 6.43. The number of hydrogen-bond donors (Lipinski definition) is 1. The molecular formula is C25H30Cl3NO3. The Labute approximate surface area is 205 Å². The topological polar surface area (TPSA) is 55.4 Å². The molecule has 1 amide bonds.